The molecule has 1 aromatic carbocycles. The van der Waals surface area contributed by atoms with E-state index in [0.717, 1.165) is 0 Å². The van der Waals surface area contributed by atoms with Crippen molar-refractivity contribution in [2.24, 2.45) is 0 Å². The summed E-state index contributed by atoms with van der Waals surface area (Å²) in [5.41, 5.74) is 0.106. The number of nitro groups is 1. The predicted molar refractivity (Wildman–Crippen MR) is 84.2 cm³/mol. The minimum atomic E-state index is -0.873. The van der Waals surface area contributed by atoms with Crippen LogP contribution in [0.3, 0.4) is 0 Å². The Bertz CT molecular complexity index is 561. The van der Waals surface area contributed by atoms with Crippen LogP contribution in [0.2, 0.25) is 0 Å². The number of hydrogen-bond acceptors (Lipinski definition) is 4. The van der Waals surface area contributed by atoms with Gasteiger partial charge in [-0.05, 0) is 48.4 Å². The summed E-state index contributed by atoms with van der Waals surface area (Å²) >= 11 is 1.94. The molecule has 0 radical (unpaired) electrons. The molecule has 0 aliphatic heterocycles. The van der Waals surface area contributed by atoms with Crippen LogP contribution in [0.25, 0.3) is 0 Å². The molecule has 0 heterocycles. The van der Waals surface area contributed by atoms with E-state index in [4.69, 9.17) is 5.11 Å². The van der Waals surface area contributed by atoms with Gasteiger partial charge in [-0.15, -0.1) is 0 Å². The first-order valence-electron chi connectivity index (χ1n) is 6.28. The number of benzene rings is 1. The molecule has 21 heavy (non-hydrogen) atoms. The maximum Gasteiger partial charge on any atom is 0.303 e. The number of aliphatic carboxylic acids is 1. The van der Waals surface area contributed by atoms with Crippen molar-refractivity contribution in [1.82, 2.24) is 5.32 Å². The van der Waals surface area contributed by atoms with Gasteiger partial charge in [-0.3, -0.25) is 19.7 Å². The van der Waals surface area contributed by atoms with Gasteiger partial charge in [0.25, 0.3) is 11.6 Å². The lowest BCUT2D eigenvalue weighted by molar-refractivity contribution is -0.384. The van der Waals surface area contributed by atoms with Crippen molar-refractivity contribution in [1.29, 1.82) is 0 Å². The number of hydrogen-bond donors (Lipinski definition) is 2. The zero-order chi connectivity index (χ0) is 16.0. The van der Waals surface area contributed by atoms with Gasteiger partial charge in [0, 0.05) is 28.2 Å². The number of carbonyl (C=O) groups excluding carboxylic acids is 1. The summed E-state index contributed by atoms with van der Waals surface area (Å²) in [7, 11) is 0. The van der Waals surface area contributed by atoms with Crippen molar-refractivity contribution in [3.63, 3.8) is 0 Å². The second-order valence-corrected chi connectivity index (χ2v) is 5.74. The fraction of sp³-hybridized carbons (Fsp3) is 0.385. The number of nitrogens with one attached hydrogen (secondary N) is 1. The standard InChI is InChI=1S/C13H15IN2O5/c1-8(3-2-4-12(17)18)15-13(19)10-7-9(16(20)21)5-6-11(10)14/h5-8H,2-4H2,1H3,(H,15,19)(H,17,18). The molecular weight excluding hydrogens is 391 g/mol. The molecule has 0 saturated heterocycles. The first kappa shape index (κ1) is 17.3. The van der Waals surface area contributed by atoms with E-state index in [1.165, 1.54) is 18.2 Å². The third-order valence-electron chi connectivity index (χ3n) is 2.81. The number of rotatable bonds is 7. The topological polar surface area (TPSA) is 110 Å². The van der Waals surface area contributed by atoms with Gasteiger partial charge in [0.05, 0.1) is 10.5 Å². The molecule has 2 N–H and O–H groups in total. The number of halogens is 1. The SMILES string of the molecule is CC(CCCC(=O)O)NC(=O)c1cc([N+](=O)[O-])ccc1I. The summed E-state index contributed by atoms with van der Waals surface area (Å²) in [4.78, 5) is 32.7. The molecule has 1 aromatic rings. The van der Waals surface area contributed by atoms with E-state index in [1.807, 2.05) is 22.6 Å². The molecule has 1 atom stereocenters. The molecule has 7 nitrogen and oxygen atoms in total. The minimum absolute atomic E-state index is 0.0502. The normalized spacial score (nSPS) is 11.7. The first-order chi connectivity index (χ1) is 9.81. The smallest absolute Gasteiger partial charge is 0.303 e. The molecule has 1 rings (SSSR count). The number of nitro benzene ring substituents is 1. The lowest BCUT2D eigenvalue weighted by Crippen LogP contribution is -2.33. The van der Waals surface area contributed by atoms with Crippen LogP contribution in [0.1, 0.15) is 36.5 Å². The fourth-order valence-corrected chi connectivity index (χ4v) is 2.31. The van der Waals surface area contributed by atoms with E-state index < -0.39 is 16.8 Å². The molecule has 0 aliphatic rings. The average Bonchev–Trinajstić information content (AvgIpc) is 2.38. The summed E-state index contributed by atoms with van der Waals surface area (Å²) in [6.45, 7) is 1.77. The third-order valence-corrected chi connectivity index (χ3v) is 3.75. The number of carboxylic acid groups (broad SMARTS) is 1. The maximum absolute atomic E-state index is 12.1. The van der Waals surface area contributed by atoms with Gasteiger partial charge in [-0.1, -0.05) is 0 Å². The Morgan fingerprint density at radius 2 is 2.14 bits per heavy atom. The number of carboxylic acids is 1. The van der Waals surface area contributed by atoms with Crippen molar-refractivity contribution < 1.29 is 19.6 Å². The average molecular weight is 406 g/mol. The Kier molecular flexibility index (Phi) is 6.53. The maximum atomic E-state index is 12.1. The van der Waals surface area contributed by atoms with Gasteiger partial charge in [0.1, 0.15) is 0 Å². The van der Waals surface area contributed by atoms with Crippen LogP contribution < -0.4 is 5.32 Å². The van der Waals surface area contributed by atoms with Crippen molar-refractivity contribution >= 4 is 40.2 Å². The van der Waals surface area contributed by atoms with E-state index in [1.54, 1.807) is 6.92 Å². The monoisotopic (exact) mass is 406 g/mol. The Morgan fingerprint density at radius 1 is 1.48 bits per heavy atom. The Labute approximate surface area is 135 Å². The van der Waals surface area contributed by atoms with E-state index in [9.17, 15) is 19.7 Å². The number of nitrogens with zero attached hydrogens (tertiary/aromatic N) is 1. The van der Waals surface area contributed by atoms with E-state index in [2.05, 4.69) is 5.32 Å². The highest BCUT2D eigenvalue weighted by Crippen LogP contribution is 2.19. The van der Waals surface area contributed by atoms with Gasteiger partial charge >= 0.3 is 5.97 Å². The summed E-state index contributed by atoms with van der Waals surface area (Å²) in [5.74, 6) is -1.27. The second-order valence-electron chi connectivity index (χ2n) is 4.58. The van der Waals surface area contributed by atoms with Gasteiger partial charge in [0.2, 0.25) is 0 Å². The fourth-order valence-electron chi connectivity index (χ4n) is 1.73. The van der Waals surface area contributed by atoms with Crippen LogP contribution in [0.4, 0.5) is 5.69 Å². The van der Waals surface area contributed by atoms with Crippen LogP contribution in [-0.4, -0.2) is 27.9 Å². The molecule has 0 bridgehead atoms. The zero-order valence-corrected chi connectivity index (χ0v) is 13.5. The van der Waals surface area contributed by atoms with Crippen molar-refractivity contribution in [2.45, 2.75) is 32.2 Å². The van der Waals surface area contributed by atoms with Crippen LogP contribution in [0, 0.1) is 13.7 Å². The largest absolute Gasteiger partial charge is 0.481 e. The minimum Gasteiger partial charge on any atom is -0.481 e. The van der Waals surface area contributed by atoms with E-state index in [0.29, 0.717) is 16.4 Å². The zero-order valence-electron chi connectivity index (χ0n) is 11.3. The van der Waals surface area contributed by atoms with Gasteiger partial charge in [-0.25, -0.2) is 0 Å². The molecule has 1 amide bonds. The molecule has 1 unspecified atom stereocenters. The third kappa shape index (κ3) is 5.66. The summed E-state index contributed by atoms with van der Waals surface area (Å²) < 4.78 is 0.619. The van der Waals surface area contributed by atoms with Gasteiger partial charge < -0.3 is 10.4 Å². The lowest BCUT2D eigenvalue weighted by atomic mass is 10.1. The first-order valence-corrected chi connectivity index (χ1v) is 7.35. The Balaban J connectivity index is 2.68. The van der Waals surface area contributed by atoms with Gasteiger partial charge in [-0.2, -0.15) is 0 Å². The molecule has 8 heteroatoms. The lowest BCUT2D eigenvalue weighted by Gasteiger charge is -2.14. The summed E-state index contributed by atoms with van der Waals surface area (Å²) in [6, 6.07) is 3.89. The van der Waals surface area contributed by atoms with Crippen LogP contribution >= 0.6 is 22.6 Å². The molecule has 0 fully saturated rings. The Hall–Kier alpha value is -1.71. The van der Waals surface area contributed by atoms with Crippen molar-refractivity contribution in [2.75, 3.05) is 0 Å². The number of amides is 1. The highest BCUT2D eigenvalue weighted by molar-refractivity contribution is 14.1. The van der Waals surface area contributed by atoms with Gasteiger partial charge in [0.15, 0.2) is 0 Å². The van der Waals surface area contributed by atoms with Crippen molar-refractivity contribution in [3.05, 3.63) is 37.4 Å². The highest BCUT2D eigenvalue weighted by Gasteiger charge is 2.17. The van der Waals surface area contributed by atoms with Crippen LogP contribution in [0.5, 0.6) is 0 Å². The second kappa shape index (κ2) is 7.91. The molecule has 0 saturated carbocycles. The number of non-ortho nitro benzene ring substituents is 1. The number of carbonyl (C=O) groups is 2. The van der Waals surface area contributed by atoms with Crippen molar-refractivity contribution in [3.8, 4) is 0 Å². The predicted octanol–water partition coefficient (Wildman–Crippen LogP) is 2.57. The summed E-state index contributed by atoms with van der Waals surface area (Å²) in [6.07, 6.45) is 1.04. The molecule has 0 aromatic heterocycles. The molecule has 0 aliphatic carbocycles. The molecule has 0 spiro atoms. The molecular formula is C13H15IN2O5. The quantitative estimate of drug-likeness (QED) is 0.411. The van der Waals surface area contributed by atoms with Crippen LogP contribution in [0.15, 0.2) is 18.2 Å². The van der Waals surface area contributed by atoms with E-state index >= 15 is 0 Å². The highest BCUT2D eigenvalue weighted by atomic mass is 127. The van der Waals surface area contributed by atoms with Crippen LogP contribution in [-0.2, 0) is 4.79 Å². The summed E-state index contributed by atoms with van der Waals surface area (Å²) in [5, 5.41) is 22.0. The Morgan fingerprint density at radius 3 is 2.71 bits per heavy atom. The molecule has 114 valence electrons. The van der Waals surface area contributed by atoms with E-state index in [-0.39, 0.29) is 23.7 Å².